The molecule has 0 fully saturated rings. The van der Waals surface area contributed by atoms with E-state index in [0.717, 1.165) is 11.0 Å². The van der Waals surface area contributed by atoms with Crippen molar-refractivity contribution < 1.29 is 0 Å². The molecule has 106 valence electrons. The smallest absolute Gasteiger partial charge is 0.0664 e. The van der Waals surface area contributed by atoms with E-state index < -0.39 is 0 Å². The molecule has 2 aromatic carbocycles. The van der Waals surface area contributed by atoms with Gasteiger partial charge in [-0.15, -0.1) is 0 Å². The van der Waals surface area contributed by atoms with Gasteiger partial charge in [-0.2, -0.15) is 0 Å². The molecule has 2 rings (SSSR count). The van der Waals surface area contributed by atoms with Crippen LogP contribution < -0.4 is 10.6 Å². The molecule has 20 heavy (non-hydrogen) atoms. The van der Waals surface area contributed by atoms with Crippen LogP contribution in [0.5, 0.6) is 0 Å². The molecule has 2 N–H and O–H groups in total. The molecular formula is C17H21BrN2. The molecule has 0 saturated carbocycles. The Bertz CT molecular complexity index is 551. The van der Waals surface area contributed by atoms with Crippen molar-refractivity contribution in [2.75, 3.05) is 18.0 Å². The van der Waals surface area contributed by atoms with Gasteiger partial charge in [0.2, 0.25) is 0 Å². The third-order valence-electron chi connectivity index (χ3n) is 3.53. The number of nitrogens with zero attached hydrogens (tertiary/aromatic N) is 1. The van der Waals surface area contributed by atoms with Crippen LogP contribution in [0.2, 0.25) is 0 Å². The molecule has 0 spiro atoms. The lowest BCUT2D eigenvalue weighted by molar-refractivity contribution is 0.643. The zero-order valence-electron chi connectivity index (χ0n) is 12.0. The molecule has 0 radical (unpaired) electrons. The first kappa shape index (κ1) is 15.1. The van der Waals surface area contributed by atoms with Crippen molar-refractivity contribution >= 4 is 21.6 Å². The third kappa shape index (κ3) is 3.41. The number of rotatable bonds is 5. The van der Waals surface area contributed by atoms with E-state index in [9.17, 15) is 0 Å². The number of benzene rings is 2. The summed E-state index contributed by atoms with van der Waals surface area (Å²) in [6.07, 6.45) is 0. The summed E-state index contributed by atoms with van der Waals surface area (Å²) in [6.45, 7) is 5.82. The van der Waals surface area contributed by atoms with E-state index in [1.165, 1.54) is 16.8 Å². The van der Waals surface area contributed by atoms with Crippen LogP contribution in [0.3, 0.4) is 0 Å². The van der Waals surface area contributed by atoms with Gasteiger partial charge in [0.05, 0.1) is 6.04 Å². The summed E-state index contributed by atoms with van der Waals surface area (Å²) < 4.78 is 1.09. The van der Waals surface area contributed by atoms with Crippen molar-refractivity contribution in [2.45, 2.75) is 19.9 Å². The average molecular weight is 333 g/mol. The molecule has 2 nitrogen and oxygen atoms in total. The minimum atomic E-state index is 0.204. The highest BCUT2D eigenvalue weighted by Gasteiger charge is 2.18. The van der Waals surface area contributed by atoms with Crippen molar-refractivity contribution in [3.8, 4) is 0 Å². The standard InChI is InChI=1S/C17H21BrN2/c1-3-20(16-6-4-5-13(2)11-16)17(12-19)14-7-9-15(18)10-8-14/h4-11,17H,3,12,19H2,1-2H3. The molecule has 0 amide bonds. The normalized spacial score (nSPS) is 12.2. The van der Waals surface area contributed by atoms with Crippen molar-refractivity contribution in [3.05, 3.63) is 64.1 Å². The zero-order chi connectivity index (χ0) is 14.5. The predicted molar refractivity (Wildman–Crippen MR) is 90.1 cm³/mol. The number of aryl methyl sites for hydroxylation is 1. The fraction of sp³-hybridized carbons (Fsp3) is 0.294. The second kappa shape index (κ2) is 6.91. The molecule has 0 aromatic heterocycles. The molecule has 0 heterocycles. The van der Waals surface area contributed by atoms with Crippen LogP contribution in [-0.4, -0.2) is 13.1 Å². The summed E-state index contributed by atoms with van der Waals surface area (Å²) in [4.78, 5) is 2.36. The summed E-state index contributed by atoms with van der Waals surface area (Å²) in [5, 5.41) is 0. The summed E-state index contributed by atoms with van der Waals surface area (Å²) in [6, 6.07) is 17.2. The lowest BCUT2D eigenvalue weighted by atomic mass is 10.0. The second-order valence-electron chi connectivity index (χ2n) is 4.93. The largest absolute Gasteiger partial charge is 0.363 e. The number of hydrogen-bond acceptors (Lipinski definition) is 2. The molecule has 1 unspecified atom stereocenters. The Morgan fingerprint density at radius 2 is 1.85 bits per heavy atom. The Kier molecular flexibility index (Phi) is 5.21. The first-order valence-corrected chi connectivity index (χ1v) is 7.74. The molecule has 2 aromatic rings. The van der Waals surface area contributed by atoms with E-state index in [1.54, 1.807) is 0 Å². The summed E-state index contributed by atoms with van der Waals surface area (Å²) >= 11 is 3.48. The van der Waals surface area contributed by atoms with Crippen LogP contribution in [0.15, 0.2) is 53.0 Å². The summed E-state index contributed by atoms with van der Waals surface area (Å²) in [5.41, 5.74) is 9.79. The maximum Gasteiger partial charge on any atom is 0.0664 e. The minimum absolute atomic E-state index is 0.204. The quantitative estimate of drug-likeness (QED) is 0.885. The van der Waals surface area contributed by atoms with Crippen LogP contribution in [0.25, 0.3) is 0 Å². The SMILES string of the molecule is CCN(c1cccc(C)c1)C(CN)c1ccc(Br)cc1. The fourth-order valence-corrected chi connectivity index (χ4v) is 2.78. The van der Waals surface area contributed by atoms with Gasteiger partial charge >= 0.3 is 0 Å². The third-order valence-corrected chi connectivity index (χ3v) is 4.06. The van der Waals surface area contributed by atoms with Crippen LogP contribution in [0, 0.1) is 6.92 Å². The molecule has 0 bridgehead atoms. The van der Waals surface area contributed by atoms with E-state index in [-0.39, 0.29) is 6.04 Å². The average Bonchev–Trinajstić information content (AvgIpc) is 2.46. The maximum absolute atomic E-state index is 6.04. The van der Waals surface area contributed by atoms with E-state index in [2.05, 4.69) is 83.2 Å². The van der Waals surface area contributed by atoms with Gasteiger partial charge in [-0.25, -0.2) is 0 Å². The Balaban J connectivity index is 2.34. The first-order chi connectivity index (χ1) is 9.65. The molecule has 3 heteroatoms. The zero-order valence-corrected chi connectivity index (χ0v) is 13.6. The van der Waals surface area contributed by atoms with E-state index in [0.29, 0.717) is 6.54 Å². The Hall–Kier alpha value is -1.32. The van der Waals surface area contributed by atoms with E-state index >= 15 is 0 Å². The van der Waals surface area contributed by atoms with E-state index in [1.807, 2.05) is 0 Å². The highest BCUT2D eigenvalue weighted by Crippen LogP contribution is 2.27. The number of hydrogen-bond donors (Lipinski definition) is 1. The summed E-state index contributed by atoms with van der Waals surface area (Å²) in [5.74, 6) is 0. The van der Waals surface area contributed by atoms with Crippen LogP contribution in [0.4, 0.5) is 5.69 Å². The molecule has 0 aliphatic heterocycles. The fourth-order valence-electron chi connectivity index (χ4n) is 2.52. The lowest BCUT2D eigenvalue weighted by Crippen LogP contribution is -2.33. The van der Waals surface area contributed by atoms with Gasteiger partial charge in [-0.1, -0.05) is 40.2 Å². The molecule has 1 atom stereocenters. The van der Waals surface area contributed by atoms with Gasteiger partial charge in [0.25, 0.3) is 0 Å². The molecule has 0 aliphatic rings. The van der Waals surface area contributed by atoms with Crippen molar-refractivity contribution in [1.29, 1.82) is 0 Å². The van der Waals surface area contributed by atoms with Crippen molar-refractivity contribution in [3.63, 3.8) is 0 Å². The van der Waals surface area contributed by atoms with Gasteiger partial charge in [0.1, 0.15) is 0 Å². The topological polar surface area (TPSA) is 29.3 Å². The molecule has 0 aliphatic carbocycles. The minimum Gasteiger partial charge on any atom is -0.363 e. The number of halogens is 1. The van der Waals surface area contributed by atoms with Gasteiger partial charge < -0.3 is 10.6 Å². The van der Waals surface area contributed by atoms with Crippen molar-refractivity contribution in [1.82, 2.24) is 0 Å². The van der Waals surface area contributed by atoms with Crippen LogP contribution in [0.1, 0.15) is 24.1 Å². The Morgan fingerprint density at radius 3 is 2.40 bits per heavy atom. The summed E-state index contributed by atoms with van der Waals surface area (Å²) in [7, 11) is 0. The van der Waals surface area contributed by atoms with Crippen LogP contribution in [-0.2, 0) is 0 Å². The van der Waals surface area contributed by atoms with Crippen LogP contribution >= 0.6 is 15.9 Å². The predicted octanol–water partition coefficient (Wildman–Crippen LogP) is 4.28. The van der Waals surface area contributed by atoms with Gasteiger partial charge in [-0.3, -0.25) is 0 Å². The monoisotopic (exact) mass is 332 g/mol. The molecule has 0 saturated heterocycles. The Labute approximate surface area is 129 Å². The lowest BCUT2D eigenvalue weighted by Gasteiger charge is -2.32. The number of likely N-dealkylation sites (N-methyl/N-ethyl adjacent to an activating group) is 1. The van der Waals surface area contributed by atoms with E-state index in [4.69, 9.17) is 5.73 Å². The molecular weight excluding hydrogens is 312 g/mol. The van der Waals surface area contributed by atoms with Gasteiger partial charge in [0, 0.05) is 23.2 Å². The number of anilines is 1. The maximum atomic E-state index is 6.04. The van der Waals surface area contributed by atoms with Gasteiger partial charge in [-0.05, 0) is 49.2 Å². The highest BCUT2D eigenvalue weighted by molar-refractivity contribution is 9.10. The number of nitrogens with two attached hydrogens (primary N) is 1. The first-order valence-electron chi connectivity index (χ1n) is 6.94. The highest BCUT2D eigenvalue weighted by atomic mass is 79.9. The second-order valence-corrected chi connectivity index (χ2v) is 5.84. The Morgan fingerprint density at radius 1 is 1.15 bits per heavy atom. The van der Waals surface area contributed by atoms with Crippen molar-refractivity contribution in [2.24, 2.45) is 5.73 Å². The van der Waals surface area contributed by atoms with Gasteiger partial charge in [0.15, 0.2) is 0 Å².